The van der Waals surface area contributed by atoms with Crippen molar-refractivity contribution in [2.45, 2.75) is 39.2 Å². The van der Waals surface area contributed by atoms with Crippen LogP contribution >= 0.6 is 11.3 Å². The summed E-state index contributed by atoms with van der Waals surface area (Å²) in [6.07, 6.45) is 8.34. The van der Waals surface area contributed by atoms with Gasteiger partial charge in [-0.3, -0.25) is 9.20 Å². The molecule has 1 N–H and O–H groups in total. The molecule has 0 spiro atoms. The Balaban J connectivity index is 1.56. The quantitative estimate of drug-likeness (QED) is 0.755. The number of fused-ring (bicyclic) bond motifs is 1. The lowest BCUT2D eigenvalue weighted by Crippen LogP contribution is -2.33. The highest BCUT2D eigenvalue weighted by molar-refractivity contribution is 7.15. The van der Waals surface area contributed by atoms with Gasteiger partial charge in [0, 0.05) is 49.1 Å². The summed E-state index contributed by atoms with van der Waals surface area (Å²) >= 11 is 1.61. The van der Waals surface area contributed by atoms with Crippen molar-refractivity contribution in [1.82, 2.24) is 24.3 Å². The Morgan fingerprint density at radius 3 is 2.91 bits per heavy atom. The highest BCUT2D eigenvalue weighted by Gasteiger charge is 2.18. The number of amides is 1. The second-order valence-electron chi connectivity index (χ2n) is 5.89. The van der Waals surface area contributed by atoms with Crippen molar-refractivity contribution in [3.63, 3.8) is 0 Å². The van der Waals surface area contributed by atoms with E-state index in [1.807, 2.05) is 39.9 Å². The zero-order valence-corrected chi connectivity index (χ0v) is 14.4. The number of carbonyl (C=O) groups is 1. The maximum absolute atomic E-state index is 12.3. The summed E-state index contributed by atoms with van der Waals surface area (Å²) in [5.41, 5.74) is 0.996. The maximum Gasteiger partial charge on any atom is 0.242 e. The normalized spacial score (nSPS) is 12.9. The highest BCUT2D eigenvalue weighted by Crippen LogP contribution is 2.17. The van der Waals surface area contributed by atoms with E-state index in [0.717, 1.165) is 22.9 Å². The molecule has 0 bridgehead atoms. The molecular formula is C16H21N5OS. The predicted molar refractivity (Wildman–Crippen MR) is 90.8 cm³/mol. The van der Waals surface area contributed by atoms with Gasteiger partial charge >= 0.3 is 0 Å². The topological polar surface area (TPSA) is 64.2 Å². The zero-order chi connectivity index (χ0) is 16.4. The van der Waals surface area contributed by atoms with Crippen LogP contribution in [0.3, 0.4) is 0 Å². The molecule has 1 unspecified atom stereocenters. The lowest BCUT2D eigenvalue weighted by molar-refractivity contribution is -0.123. The van der Waals surface area contributed by atoms with Gasteiger partial charge in [-0.25, -0.2) is 9.97 Å². The van der Waals surface area contributed by atoms with E-state index in [9.17, 15) is 4.79 Å². The molecule has 3 heterocycles. The molecule has 0 saturated heterocycles. The van der Waals surface area contributed by atoms with E-state index in [1.165, 1.54) is 0 Å². The van der Waals surface area contributed by atoms with Gasteiger partial charge in [0.05, 0.1) is 5.69 Å². The van der Waals surface area contributed by atoms with E-state index in [4.69, 9.17) is 0 Å². The first-order chi connectivity index (χ1) is 11.1. The number of aromatic nitrogens is 4. The lowest BCUT2D eigenvalue weighted by Gasteiger charge is -2.17. The fourth-order valence-corrected chi connectivity index (χ4v) is 3.30. The number of nitrogens with zero attached hydrogens (tertiary/aromatic N) is 4. The Morgan fingerprint density at radius 1 is 1.35 bits per heavy atom. The monoisotopic (exact) mass is 331 g/mol. The fourth-order valence-electron chi connectivity index (χ4n) is 2.58. The minimum atomic E-state index is -0.264. The van der Waals surface area contributed by atoms with Crippen LogP contribution in [0.4, 0.5) is 0 Å². The molecule has 1 amide bonds. The number of imidazole rings is 2. The van der Waals surface area contributed by atoms with Gasteiger partial charge in [0.15, 0.2) is 4.96 Å². The summed E-state index contributed by atoms with van der Waals surface area (Å²) in [6, 6.07) is -0.264. The van der Waals surface area contributed by atoms with Crippen LogP contribution in [-0.4, -0.2) is 31.4 Å². The van der Waals surface area contributed by atoms with Crippen molar-refractivity contribution in [2.75, 3.05) is 6.54 Å². The first-order valence-electron chi connectivity index (χ1n) is 7.77. The largest absolute Gasteiger partial charge is 0.354 e. The molecular weight excluding hydrogens is 310 g/mol. The van der Waals surface area contributed by atoms with Gasteiger partial charge in [-0.2, -0.15) is 0 Å². The Bertz CT molecular complexity index is 772. The van der Waals surface area contributed by atoms with Gasteiger partial charge in [-0.15, -0.1) is 11.3 Å². The molecule has 0 fully saturated rings. The first-order valence-corrected chi connectivity index (χ1v) is 8.65. The maximum atomic E-state index is 12.3. The van der Waals surface area contributed by atoms with Crippen molar-refractivity contribution >= 4 is 22.2 Å². The van der Waals surface area contributed by atoms with E-state index in [1.54, 1.807) is 17.5 Å². The molecule has 0 radical (unpaired) electrons. The Morgan fingerprint density at radius 2 is 2.17 bits per heavy atom. The molecule has 3 aromatic heterocycles. The lowest BCUT2D eigenvalue weighted by atomic mass is 10.2. The van der Waals surface area contributed by atoms with Crippen LogP contribution in [0.1, 0.15) is 44.2 Å². The number of thiazole rings is 1. The summed E-state index contributed by atoms with van der Waals surface area (Å²) in [4.78, 5) is 22.2. The third-order valence-corrected chi connectivity index (χ3v) is 4.61. The van der Waals surface area contributed by atoms with Crippen LogP contribution in [0, 0.1) is 0 Å². The number of rotatable bonds is 6. The van der Waals surface area contributed by atoms with Crippen molar-refractivity contribution in [3.8, 4) is 0 Å². The molecule has 0 aliphatic rings. The van der Waals surface area contributed by atoms with Gasteiger partial charge in [-0.1, -0.05) is 13.8 Å². The summed E-state index contributed by atoms with van der Waals surface area (Å²) < 4.78 is 3.94. The Labute approximate surface area is 139 Å². The third kappa shape index (κ3) is 3.29. The minimum absolute atomic E-state index is 0.00548. The first kappa shape index (κ1) is 15.7. The fraction of sp³-hybridized carbons (Fsp3) is 0.438. The van der Waals surface area contributed by atoms with E-state index in [-0.39, 0.29) is 11.9 Å². The average Bonchev–Trinajstić information content (AvgIpc) is 3.21. The summed E-state index contributed by atoms with van der Waals surface area (Å²) in [5, 5.41) is 5.00. The number of nitrogens with one attached hydrogen (secondary N) is 1. The van der Waals surface area contributed by atoms with Gasteiger partial charge in [0.25, 0.3) is 0 Å². The van der Waals surface area contributed by atoms with Crippen LogP contribution < -0.4 is 5.32 Å². The predicted octanol–water partition coefficient (Wildman–Crippen LogP) is 2.64. The molecule has 3 rings (SSSR count). The van der Waals surface area contributed by atoms with E-state index >= 15 is 0 Å². The van der Waals surface area contributed by atoms with E-state index < -0.39 is 0 Å². The van der Waals surface area contributed by atoms with Crippen LogP contribution in [0.2, 0.25) is 0 Å². The molecule has 0 aromatic carbocycles. The molecule has 0 aliphatic heterocycles. The van der Waals surface area contributed by atoms with Crippen molar-refractivity contribution in [3.05, 3.63) is 41.7 Å². The molecule has 23 heavy (non-hydrogen) atoms. The smallest absolute Gasteiger partial charge is 0.242 e. The van der Waals surface area contributed by atoms with E-state index in [0.29, 0.717) is 12.5 Å². The number of hydrogen-bond donors (Lipinski definition) is 1. The molecule has 0 aliphatic carbocycles. The second kappa shape index (κ2) is 6.54. The summed E-state index contributed by atoms with van der Waals surface area (Å²) in [5.74, 6) is 1.23. The molecule has 6 nitrogen and oxygen atoms in total. The molecule has 0 saturated carbocycles. The number of carbonyl (C=O) groups excluding carboxylic acids is 1. The molecule has 7 heteroatoms. The number of hydrogen-bond acceptors (Lipinski definition) is 4. The molecule has 1 atom stereocenters. The second-order valence-corrected chi connectivity index (χ2v) is 6.76. The van der Waals surface area contributed by atoms with Crippen molar-refractivity contribution in [2.24, 2.45) is 0 Å². The van der Waals surface area contributed by atoms with Crippen LogP contribution in [0.5, 0.6) is 0 Å². The van der Waals surface area contributed by atoms with Gasteiger partial charge < -0.3 is 9.88 Å². The Kier molecular flexibility index (Phi) is 4.47. The van der Waals surface area contributed by atoms with Gasteiger partial charge in [0.1, 0.15) is 11.9 Å². The van der Waals surface area contributed by atoms with Crippen LogP contribution in [0.15, 0.2) is 30.2 Å². The highest BCUT2D eigenvalue weighted by atomic mass is 32.1. The molecule has 122 valence electrons. The summed E-state index contributed by atoms with van der Waals surface area (Å²) in [6.45, 7) is 6.64. The van der Waals surface area contributed by atoms with Gasteiger partial charge in [0.2, 0.25) is 5.91 Å². The summed E-state index contributed by atoms with van der Waals surface area (Å²) in [7, 11) is 0. The van der Waals surface area contributed by atoms with Crippen molar-refractivity contribution in [1.29, 1.82) is 0 Å². The third-order valence-electron chi connectivity index (χ3n) is 3.84. The van der Waals surface area contributed by atoms with Crippen LogP contribution in [-0.2, 0) is 11.2 Å². The standard InChI is InChI=1S/C16H21N5OS/c1-11(2)14-17-6-7-21(14)12(3)15(22)18-5-4-13-10-20-8-9-23-16(20)19-13/h6-12H,4-5H2,1-3H3,(H,18,22). The zero-order valence-electron chi connectivity index (χ0n) is 13.6. The molecule has 3 aromatic rings. The van der Waals surface area contributed by atoms with Crippen molar-refractivity contribution < 1.29 is 4.79 Å². The van der Waals surface area contributed by atoms with Gasteiger partial charge in [-0.05, 0) is 6.92 Å². The van der Waals surface area contributed by atoms with Crippen LogP contribution in [0.25, 0.3) is 4.96 Å². The minimum Gasteiger partial charge on any atom is -0.354 e. The SMILES string of the molecule is CC(C)c1nccn1C(C)C(=O)NCCc1cn2ccsc2n1. The average molecular weight is 331 g/mol. The van der Waals surface area contributed by atoms with E-state index in [2.05, 4.69) is 29.1 Å². The Hall–Kier alpha value is -2.15.